The summed E-state index contributed by atoms with van der Waals surface area (Å²) < 4.78 is 27.2. The fraction of sp³-hybridized carbons (Fsp3) is 0.381. The summed E-state index contributed by atoms with van der Waals surface area (Å²) in [6.07, 6.45) is 1.54. The molecule has 0 N–H and O–H groups in total. The van der Waals surface area contributed by atoms with Crippen molar-refractivity contribution < 1.29 is 13.2 Å². The number of carbonyl (C=O) groups excluding carboxylic acids is 1. The Balaban J connectivity index is 1.37. The van der Waals surface area contributed by atoms with Gasteiger partial charge in [0.05, 0.1) is 10.6 Å². The lowest BCUT2D eigenvalue weighted by Gasteiger charge is -2.34. The second-order valence-corrected chi connectivity index (χ2v) is 11.6. The summed E-state index contributed by atoms with van der Waals surface area (Å²) in [7, 11) is -3.54. The fourth-order valence-corrected chi connectivity index (χ4v) is 6.96. The number of aromatic nitrogens is 2. The summed E-state index contributed by atoms with van der Waals surface area (Å²) in [6.45, 7) is 7.41. The van der Waals surface area contributed by atoms with Crippen LogP contribution in [-0.2, 0) is 14.8 Å². The molecule has 2 aromatic heterocycles. The molecule has 7 nitrogen and oxygen atoms in total. The van der Waals surface area contributed by atoms with Crippen LogP contribution in [0.2, 0.25) is 0 Å². The zero-order valence-corrected chi connectivity index (χ0v) is 20.1. The lowest BCUT2D eigenvalue weighted by atomic mass is 10.2. The Morgan fingerprint density at radius 1 is 1.06 bits per heavy atom. The van der Waals surface area contributed by atoms with Gasteiger partial charge in [0, 0.05) is 36.4 Å². The maximum Gasteiger partial charge on any atom is 0.243 e. The van der Waals surface area contributed by atoms with Crippen LogP contribution < -0.4 is 0 Å². The normalized spacial score (nSPS) is 15.5. The number of hydrogen-bond acceptors (Lipinski definition) is 7. The Morgan fingerprint density at radius 2 is 1.74 bits per heavy atom. The predicted octanol–water partition coefficient (Wildman–Crippen LogP) is 3.24. The quantitative estimate of drug-likeness (QED) is 0.415. The van der Waals surface area contributed by atoms with E-state index in [4.69, 9.17) is 0 Å². The summed E-state index contributed by atoms with van der Waals surface area (Å²) in [4.78, 5) is 25.6. The van der Waals surface area contributed by atoms with Gasteiger partial charge in [-0.15, -0.1) is 11.3 Å². The van der Waals surface area contributed by atoms with Crippen molar-refractivity contribution in [2.75, 3.05) is 31.9 Å². The van der Waals surface area contributed by atoms with Crippen LogP contribution in [0, 0.1) is 20.8 Å². The van der Waals surface area contributed by atoms with Crippen LogP contribution in [0.25, 0.3) is 10.2 Å². The van der Waals surface area contributed by atoms with Gasteiger partial charge in [-0.1, -0.05) is 29.5 Å². The van der Waals surface area contributed by atoms with E-state index in [1.807, 2.05) is 6.92 Å². The molecule has 4 rings (SSSR count). The van der Waals surface area contributed by atoms with Crippen molar-refractivity contribution in [3.05, 3.63) is 46.6 Å². The van der Waals surface area contributed by atoms with Crippen LogP contribution in [0.4, 0.5) is 0 Å². The van der Waals surface area contributed by atoms with Gasteiger partial charge >= 0.3 is 0 Å². The number of sulfonamides is 1. The molecule has 1 aromatic carbocycles. The molecule has 31 heavy (non-hydrogen) atoms. The van der Waals surface area contributed by atoms with E-state index in [0.29, 0.717) is 31.1 Å². The van der Waals surface area contributed by atoms with Gasteiger partial charge in [0.25, 0.3) is 0 Å². The lowest BCUT2D eigenvalue weighted by Crippen LogP contribution is -2.50. The van der Waals surface area contributed by atoms with Crippen LogP contribution in [0.5, 0.6) is 0 Å². The topological polar surface area (TPSA) is 83.5 Å². The number of piperazine rings is 1. The van der Waals surface area contributed by atoms with E-state index in [0.717, 1.165) is 26.4 Å². The molecule has 164 valence electrons. The maximum absolute atomic E-state index is 12.8. The van der Waals surface area contributed by atoms with E-state index >= 15 is 0 Å². The average molecular weight is 477 g/mol. The van der Waals surface area contributed by atoms with Gasteiger partial charge in [0.1, 0.15) is 16.2 Å². The number of thiophene rings is 1. The van der Waals surface area contributed by atoms with Gasteiger partial charge < -0.3 is 4.90 Å². The largest absolute Gasteiger partial charge is 0.339 e. The predicted molar refractivity (Wildman–Crippen MR) is 124 cm³/mol. The van der Waals surface area contributed by atoms with Crippen molar-refractivity contribution in [1.82, 2.24) is 19.2 Å². The molecule has 0 bridgehead atoms. The SMILES string of the molecule is Cc1ccc(S(=O)(=O)N2CCN(C(=O)CSc3ncnc4sc(C)c(C)c34)CC2)cc1. The Morgan fingerprint density at radius 3 is 2.42 bits per heavy atom. The first kappa shape index (κ1) is 22.2. The Hall–Kier alpha value is -2.01. The number of carbonyl (C=O) groups is 1. The molecule has 1 fully saturated rings. The monoisotopic (exact) mass is 476 g/mol. The average Bonchev–Trinajstić information content (AvgIpc) is 3.06. The van der Waals surface area contributed by atoms with E-state index in [9.17, 15) is 13.2 Å². The first-order valence-electron chi connectivity index (χ1n) is 9.95. The number of rotatable bonds is 5. The molecule has 1 saturated heterocycles. The fourth-order valence-electron chi connectivity index (χ4n) is 3.52. The van der Waals surface area contributed by atoms with Gasteiger partial charge in [0.15, 0.2) is 0 Å². The number of nitrogens with zero attached hydrogens (tertiary/aromatic N) is 4. The summed E-state index contributed by atoms with van der Waals surface area (Å²) in [6, 6.07) is 6.86. The minimum atomic E-state index is -3.54. The van der Waals surface area contributed by atoms with Crippen molar-refractivity contribution in [2.45, 2.75) is 30.7 Å². The number of amides is 1. The summed E-state index contributed by atoms with van der Waals surface area (Å²) >= 11 is 3.05. The Kier molecular flexibility index (Phi) is 6.34. The first-order chi connectivity index (χ1) is 14.8. The van der Waals surface area contributed by atoms with E-state index in [1.165, 1.54) is 20.9 Å². The molecule has 0 unspecified atom stereocenters. The molecule has 1 aliphatic rings. The van der Waals surface area contributed by atoms with E-state index < -0.39 is 10.0 Å². The van der Waals surface area contributed by atoms with Crippen LogP contribution in [0.3, 0.4) is 0 Å². The standard InChI is InChI=1S/C21H24N4O3S3/c1-14-4-6-17(7-5-14)31(27,28)25-10-8-24(9-11-25)18(26)12-29-20-19-15(2)16(3)30-21(19)23-13-22-20/h4-7,13H,8-12H2,1-3H3. The minimum absolute atomic E-state index is 0.00579. The molecule has 0 spiro atoms. The van der Waals surface area contributed by atoms with Crippen molar-refractivity contribution in [2.24, 2.45) is 0 Å². The van der Waals surface area contributed by atoms with E-state index in [-0.39, 0.29) is 11.7 Å². The third-order valence-electron chi connectivity index (χ3n) is 5.51. The Labute approximate surface area is 190 Å². The number of fused-ring (bicyclic) bond motifs is 1. The highest BCUT2D eigenvalue weighted by molar-refractivity contribution is 8.00. The molecule has 0 saturated carbocycles. The minimum Gasteiger partial charge on any atom is -0.339 e. The second-order valence-electron chi connectivity index (χ2n) is 7.53. The van der Waals surface area contributed by atoms with Crippen molar-refractivity contribution in [3.63, 3.8) is 0 Å². The van der Waals surface area contributed by atoms with Crippen molar-refractivity contribution >= 4 is 49.2 Å². The van der Waals surface area contributed by atoms with E-state index in [1.54, 1.807) is 46.8 Å². The van der Waals surface area contributed by atoms with Gasteiger partial charge in [-0.3, -0.25) is 4.79 Å². The smallest absolute Gasteiger partial charge is 0.243 e. The molecular weight excluding hydrogens is 452 g/mol. The molecule has 0 radical (unpaired) electrons. The van der Waals surface area contributed by atoms with Crippen LogP contribution in [0.1, 0.15) is 16.0 Å². The molecule has 0 aliphatic carbocycles. The highest BCUT2D eigenvalue weighted by Gasteiger charge is 2.30. The summed E-state index contributed by atoms with van der Waals surface area (Å²) in [5, 5.41) is 1.84. The van der Waals surface area contributed by atoms with Crippen LogP contribution in [0.15, 0.2) is 40.5 Å². The molecule has 0 atom stereocenters. The zero-order valence-electron chi connectivity index (χ0n) is 17.7. The maximum atomic E-state index is 12.8. The second kappa shape index (κ2) is 8.85. The lowest BCUT2D eigenvalue weighted by molar-refractivity contribution is -0.129. The number of thioether (sulfide) groups is 1. The molecule has 1 aliphatic heterocycles. The molecule has 10 heteroatoms. The molecule has 3 heterocycles. The number of aryl methyl sites for hydroxylation is 3. The molecular formula is C21H24N4O3S3. The van der Waals surface area contributed by atoms with Gasteiger partial charge in [-0.25, -0.2) is 18.4 Å². The summed E-state index contributed by atoms with van der Waals surface area (Å²) in [5.41, 5.74) is 2.17. The van der Waals surface area contributed by atoms with Crippen LogP contribution in [-0.4, -0.2) is 65.4 Å². The highest BCUT2D eigenvalue weighted by Crippen LogP contribution is 2.34. The number of benzene rings is 1. The van der Waals surface area contributed by atoms with Gasteiger partial charge in [0.2, 0.25) is 15.9 Å². The molecule has 1 amide bonds. The number of hydrogen-bond donors (Lipinski definition) is 0. The van der Waals surface area contributed by atoms with Crippen molar-refractivity contribution in [3.8, 4) is 0 Å². The third kappa shape index (κ3) is 4.48. The molecule has 3 aromatic rings. The van der Waals surface area contributed by atoms with Crippen LogP contribution >= 0.6 is 23.1 Å². The highest BCUT2D eigenvalue weighted by atomic mass is 32.2. The van der Waals surface area contributed by atoms with Gasteiger partial charge in [-0.05, 0) is 38.5 Å². The zero-order chi connectivity index (χ0) is 22.2. The summed E-state index contributed by atoms with van der Waals surface area (Å²) in [5.74, 6) is 0.263. The van der Waals surface area contributed by atoms with Crippen molar-refractivity contribution in [1.29, 1.82) is 0 Å². The third-order valence-corrected chi connectivity index (χ3v) is 9.52. The first-order valence-corrected chi connectivity index (χ1v) is 13.2. The van der Waals surface area contributed by atoms with Gasteiger partial charge in [-0.2, -0.15) is 4.31 Å². The van der Waals surface area contributed by atoms with E-state index in [2.05, 4.69) is 23.8 Å². The Bertz CT molecular complexity index is 1210.